The Morgan fingerprint density at radius 3 is 2.50 bits per heavy atom. The van der Waals surface area contributed by atoms with Crippen LogP contribution >= 0.6 is 0 Å². The van der Waals surface area contributed by atoms with Crippen LogP contribution in [0.2, 0.25) is 0 Å². The standard InChI is InChI=1S/C13H12F3NO/c14-13(15,16)11-1-2-17-6-10(11)12(18)9-4-7-3-8(7)5-9/h1-2,6-9H,3-5H2. The molecule has 0 aliphatic heterocycles. The molecular weight excluding hydrogens is 243 g/mol. The average Bonchev–Trinajstić information content (AvgIpc) is 2.94. The first-order valence-corrected chi connectivity index (χ1v) is 6.02. The summed E-state index contributed by atoms with van der Waals surface area (Å²) in [6, 6.07) is 0.878. The Morgan fingerprint density at radius 1 is 1.22 bits per heavy atom. The van der Waals surface area contributed by atoms with Crippen molar-refractivity contribution in [1.29, 1.82) is 0 Å². The normalized spacial score (nSPS) is 30.1. The Balaban J connectivity index is 1.89. The number of carbonyl (C=O) groups is 1. The van der Waals surface area contributed by atoms with Gasteiger partial charge in [0.15, 0.2) is 5.78 Å². The van der Waals surface area contributed by atoms with E-state index in [0.717, 1.165) is 37.7 Å². The maximum atomic E-state index is 12.8. The second-order valence-corrected chi connectivity index (χ2v) is 5.21. The molecule has 18 heavy (non-hydrogen) atoms. The molecule has 2 aliphatic rings. The molecule has 2 atom stereocenters. The van der Waals surface area contributed by atoms with E-state index in [0.29, 0.717) is 11.8 Å². The van der Waals surface area contributed by atoms with Gasteiger partial charge in [-0.25, -0.2) is 0 Å². The van der Waals surface area contributed by atoms with Crippen LogP contribution in [0.3, 0.4) is 0 Å². The number of nitrogens with zero attached hydrogens (tertiary/aromatic N) is 1. The number of carbonyl (C=O) groups excluding carboxylic acids is 1. The molecule has 1 aromatic heterocycles. The molecule has 3 rings (SSSR count). The van der Waals surface area contributed by atoms with Crippen LogP contribution in [-0.4, -0.2) is 10.8 Å². The number of fused-ring (bicyclic) bond motifs is 1. The van der Waals surface area contributed by atoms with Crippen molar-refractivity contribution >= 4 is 5.78 Å². The van der Waals surface area contributed by atoms with Gasteiger partial charge in [-0.3, -0.25) is 9.78 Å². The van der Waals surface area contributed by atoms with E-state index in [-0.39, 0.29) is 17.3 Å². The second-order valence-electron chi connectivity index (χ2n) is 5.21. The van der Waals surface area contributed by atoms with Crippen molar-refractivity contribution in [1.82, 2.24) is 4.98 Å². The number of rotatable bonds is 2. The zero-order chi connectivity index (χ0) is 12.9. The van der Waals surface area contributed by atoms with E-state index >= 15 is 0 Å². The highest BCUT2D eigenvalue weighted by Crippen LogP contribution is 2.55. The fourth-order valence-electron chi connectivity index (χ4n) is 2.99. The minimum absolute atomic E-state index is 0.237. The molecule has 2 fully saturated rings. The lowest BCUT2D eigenvalue weighted by Crippen LogP contribution is -2.19. The molecular formula is C13H12F3NO. The quantitative estimate of drug-likeness (QED) is 0.759. The number of ketones is 1. The molecule has 96 valence electrons. The predicted molar refractivity (Wildman–Crippen MR) is 57.9 cm³/mol. The van der Waals surface area contributed by atoms with E-state index in [1.54, 1.807) is 0 Å². The van der Waals surface area contributed by atoms with Crippen LogP contribution in [0.15, 0.2) is 18.5 Å². The lowest BCUT2D eigenvalue weighted by Gasteiger charge is -2.15. The van der Waals surface area contributed by atoms with Crippen LogP contribution in [0.5, 0.6) is 0 Å². The molecule has 2 aliphatic carbocycles. The monoisotopic (exact) mass is 255 g/mol. The summed E-state index contributed by atoms with van der Waals surface area (Å²) in [6.45, 7) is 0. The molecule has 0 bridgehead atoms. The van der Waals surface area contributed by atoms with Crippen molar-refractivity contribution in [3.8, 4) is 0 Å². The van der Waals surface area contributed by atoms with E-state index in [1.165, 1.54) is 0 Å². The number of halogens is 3. The number of alkyl halides is 3. The van der Waals surface area contributed by atoms with Crippen LogP contribution in [0.25, 0.3) is 0 Å². The molecule has 0 aromatic carbocycles. The van der Waals surface area contributed by atoms with Gasteiger partial charge in [-0.15, -0.1) is 0 Å². The lowest BCUT2D eigenvalue weighted by molar-refractivity contribution is -0.138. The Hall–Kier alpha value is -1.39. The smallest absolute Gasteiger partial charge is 0.294 e. The zero-order valence-corrected chi connectivity index (χ0v) is 9.57. The molecule has 0 amide bonds. The van der Waals surface area contributed by atoms with Crippen molar-refractivity contribution < 1.29 is 18.0 Å². The molecule has 2 unspecified atom stereocenters. The van der Waals surface area contributed by atoms with Gasteiger partial charge >= 0.3 is 6.18 Å². The largest absolute Gasteiger partial charge is 0.417 e. The number of pyridine rings is 1. The summed E-state index contributed by atoms with van der Waals surface area (Å²) < 4.78 is 38.4. The Bertz CT molecular complexity index is 487. The van der Waals surface area contributed by atoms with Gasteiger partial charge < -0.3 is 0 Å². The van der Waals surface area contributed by atoms with E-state index < -0.39 is 11.7 Å². The molecule has 1 heterocycles. The minimum Gasteiger partial charge on any atom is -0.294 e. The highest BCUT2D eigenvalue weighted by Gasteiger charge is 2.49. The Morgan fingerprint density at radius 2 is 1.89 bits per heavy atom. The topological polar surface area (TPSA) is 30.0 Å². The van der Waals surface area contributed by atoms with Crippen LogP contribution in [-0.2, 0) is 6.18 Å². The molecule has 0 spiro atoms. The summed E-state index contributed by atoms with van der Waals surface area (Å²) in [6.07, 6.45) is 0.268. The molecule has 5 heteroatoms. The van der Waals surface area contributed by atoms with E-state index in [9.17, 15) is 18.0 Å². The van der Waals surface area contributed by atoms with Gasteiger partial charge in [-0.05, 0) is 37.2 Å². The molecule has 0 N–H and O–H groups in total. The fraction of sp³-hybridized carbons (Fsp3) is 0.538. The number of Topliss-reactive ketones (excluding diaryl/α,β-unsaturated/α-hetero) is 1. The van der Waals surface area contributed by atoms with Gasteiger partial charge in [-0.2, -0.15) is 13.2 Å². The van der Waals surface area contributed by atoms with Crippen molar-refractivity contribution in [2.75, 3.05) is 0 Å². The zero-order valence-electron chi connectivity index (χ0n) is 9.57. The maximum absolute atomic E-state index is 12.8. The van der Waals surface area contributed by atoms with Crippen molar-refractivity contribution in [2.24, 2.45) is 17.8 Å². The van der Waals surface area contributed by atoms with Crippen molar-refractivity contribution in [3.63, 3.8) is 0 Å². The Labute approximate surface area is 102 Å². The number of hydrogen-bond acceptors (Lipinski definition) is 2. The van der Waals surface area contributed by atoms with E-state index in [1.807, 2.05) is 0 Å². The molecule has 2 saturated carbocycles. The van der Waals surface area contributed by atoms with Crippen molar-refractivity contribution in [3.05, 3.63) is 29.6 Å². The van der Waals surface area contributed by atoms with E-state index in [2.05, 4.69) is 4.98 Å². The lowest BCUT2D eigenvalue weighted by atomic mass is 9.91. The van der Waals surface area contributed by atoms with Gasteiger partial charge in [0.25, 0.3) is 0 Å². The average molecular weight is 255 g/mol. The molecule has 0 radical (unpaired) electrons. The number of aromatic nitrogens is 1. The Kier molecular flexibility index (Phi) is 2.47. The summed E-state index contributed by atoms with van der Waals surface area (Å²) in [5.74, 6) is 0.525. The third-order valence-electron chi connectivity index (χ3n) is 4.01. The maximum Gasteiger partial charge on any atom is 0.417 e. The SMILES string of the molecule is O=C(c1cnccc1C(F)(F)F)C1CC2CC2C1. The highest BCUT2D eigenvalue weighted by molar-refractivity contribution is 5.99. The molecule has 1 aromatic rings. The fourth-order valence-corrected chi connectivity index (χ4v) is 2.99. The first-order valence-electron chi connectivity index (χ1n) is 6.02. The second kappa shape index (κ2) is 3.80. The first-order chi connectivity index (χ1) is 8.47. The van der Waals surface area contributed by atoms with Crippen LogP contribution in [0, 0.1) is 17.8 Å². The predicted octanol–water partition coefficient (Wildman–Crippen LogP) is 3.33. The summed E-state index contributed by atoms with van der Waals surface area (Å²) in [5.41, 5.74) is -1.13. The van der Waals surface area contributed by atoms with Crippen LogP contribution in [0.1, 0.15) is 35.2 Å². The van der Waals surface area contributed by atoms with Gasteiger partial charge in [0.2, 0.25) is 0 Å². The highest BCUT2D eigenvalue weighted by atomic mass is 19.4. The summed E-state index contributed by atoms with van der Waals surface area (Å²) in [5, 5.41) is 0. The minimum atomic E-state index is -4.49. The summed E-state index contributed by atoms with van der Waals surface area (Å²) in [4.78, 5) is 15.8. The summed E-state index contributed by atoms with van der Waals surface area (Å²) >= 11 is 0. The third-order valence-corrected chi connectivity index (χ3v) is 4.01. The van der Waals surface area contributed by atoms with Gasteiger partial charge in [-0.1, -0.05) is 0 Å². The number of hydrogen-bond donors (Lipinski definition) is 0. The van der Waals surface area contributed by atoms with E-state index in [4.69, 9.17) is 0 Å². The van der Waals surface area contributed by atoms with Gasteiger partial charge in [0, 0.05) is 23.9 Å². The first kappa shape index (κ1) is 11.7. The summed E-state index contributed by atoms with van der Waals surface area (Å²) in [7, 11) is 0. The van der Waals surface area contributed by atoms with Gasteiger partial charge in [0.05, 0.1) is 5.56 Å². The third kappa shape index (κ3) is 1.91. The van der Waals surface area contributed by atoms with Crippen molar-refractivity contribution in [2.45, 2.75) is 25.4 Å². The molecule has 2 nitrogen and oxygen atoms in total. The van der Waals surface area contributed by atoms with Crippen LogP contribution in [0.4, 0.5) is 13.2 Å². The van der Waals surface area contributed by atoms with Crippen LogP contribution < -0.4 is 0 Å². The molecule has 0 saturated heterocycles. The van der Waals surface area contributed by atoms with Gasteiger partial charge in [0.1, 0.15) is 0 Å².